The maximum atomic E-state index is 13.1. The van der Waals surface area contributed by atoms with Crippen molar-refractivity contribution in [3.63, 3.8) is 0 Å². The van der Waals surface area contributed by atoms with Crippen LogP contribution in [0.1, 0.15) is 114 Å². The second kappa shape index (κ2) is 13.1. The lowest BCUT2D eigenvalue weighted by Gasteiger charge is -2.15. The van der Waals surface area contributed by atoms with Crippen molar-refractivity contribution in [1.29, 1.82) is 0 Å². The van der Waals surface area contributed by atoms with Crippen molar-refractivity contribution >= 4 is 5.78 Å². The Kier molecular flexibility index (Phi) is 10.7. The van der Waals surface area contributed by atoms with Gasteiger partial charge in [-0.05, 0) is 49.4 Å². The zero-order valence-electron chi connectivity index (χ0n) is 17.4. The van der Waals surface area contributed by atoms with Gasteiger partial charge in [-0.25, -0.2) is 4.39 Å². The first-order valence-electron chi connectivity index (χ1n) is 11.5. The zero-order valence-corrected chi connectivity index (χ0v) is 17.4. The maximum absolute atomic E-state index is 13.1. The molecule has 152 valence electrons. The number of rotatable bonds is 16. The van der Waals surface area contributed by atoms with Crippen molar-refractivity contribution in [2.75, 3.05) is 0 Å². The Morgan fingerprint density at radius 1 is 0.852 bits per heavy atom. The highest BCUT2D eigenvalue weighted by Crippen LogP contribution is 2.41. The Morgan fingerprint density at radius 3 is 1.81 bits per heavy atom. The van der Waals surface area contributed by atoms with Crippen LogP contribution in [0.4, 0.5) is 4.39 Å². The number of benzene rings is 1. The quantitative estimate of drug-likeness (QED) is 0.211. The summed E-state index contributed by atoms with van der Waals surface area (Å²) in [5.74, 6) is 0.713. The van der Waals surface area contributed by atoms with Gasteiger partial charge < -0.3 is 0 Å². The highest BCUT2D eigenvalue weighted by molar-refractivity contribution is 5.98. The van der Waals surface area contributed by atoms with Gasteiger partial charge in [0.25, 0.3) is 0 Å². The van der Waals surface area contributed by atoms with Crippen LogP contribution in [0.15, 0.2) is 24.3 Å². The molecule has 0 spiro atoms. The SMILES string of the molecule is CCCCCCCCCCCCCCC(C(=O)c1ccc(F)cc1)C1CC1. The number of halogens is 1. The van der Waals surface area contributed by atoms with Crippen LogP contribution in [0.25, 0.3) is 0 Å². The van der Waals surface area contributed by atoms with E-state index < -0.39 is 0 Å². The van der Waals surface area contributed by atoms with Gasteiger partial charge in [0.05, 0.1) is 0 Å². The van der Waals surface area contributed by atoms with Crippen molar-refractivity contribution in [1.82, 2.24) is 0 Å². The summed E-state index contributed by atoms with van der Waals surface area (Å²) in [7, 11) is 0. The van der Waals surface area contributed by atoms with Gasteiger partial charge in [0.2, 0.25) is 0 Å². The molecular weight excluding hydrogens is 335 g/mol. The van der Waals surface area contributed by atoms with Crippen molar-refractivity contribution in [2.45, 2.75) is 103 Å². The minimum atomic E-state index is -0.268. The van der Waals surface area contributed by atoms with Gasteiger partial charge >= 0.3 is 0 Å². The molecule has 0 bridgehead atoms. The van der Waals surface area contributed by atoms with Crippen LogP contribution in [0.2, 0.25) is 0 Å². The third kappa shape index (κ3) is 9.04. The molecule has 2 rings (SSSR count). The molecule has 1 fully saturated rings. The van der Waals surface area contributed by atoms with E-state index in [2.05, 4.69) is 6.92 Å². The van der Waals surface area contributed by atoms with Crippen LogP contribution < -0.4 is 0 Å². The standard InChI is InChI=1S/C25H39FO/c1-2-3-4-5-6-7-8-9-10-11-12-13-14-24(21-15-16-21)25(27)22-17-19-23(26)20-18-22/h17-21,24H,2-16H2,1H3. The summed E-state index contributed by atoms with van der Waals surface area (Å²) >= 11 is 0. The molecule has 0 saturated heterocycles. The molecular formula is C25H39FO. The van der Waals surface area contributed by atoms with Gasteiger partial charge in [0.15, 0.2) is 5.78 Å². The monoisotopic (exact) mass is 374 g/mol. The molecule has 0 aromatic heterocycles. The number of hydrogen-bond acceptors (Lipinski definition) is 1. The Labute approximate surface area is 166 Å². The van der Waals surface area contributed by atoms with E-state index in [4.69, 9.17) is 0 Å². The molecule has 0 heterocycles. The van der Waals surface area contributed by atoms with Gasteiger partial charge in [-0.3, -0.25) is 4.79 Å². The molecule has 0 aliphatic heterocycles. The summed E-state index contributed by atoms with van der Waals surface area (Å²) in [6.07, 6.45) is 19.6. The molecule has 1 aliphatic carbocycles. The number of unbranched alkanes of at least 4 members (excludes halogenated alkanes) is 11. The summed E-state index contributed by atoms with van der Waals surface area (Å²) in [6, 6.07) is 6.10. The summed E-state index contributed by atoms with van der Waals surface area (Å²) in [5.41, 5.74) is 0.687. The van der Waals surface area contributed by atoms with Crippen LogP contribution in [0, 0.1) is 17.7 Å². The number of Topliss-reactive ketones (excluding diaryl/α,β-unsaturated/α-hetero) is 1. The third-order valence-electron chi connectivity index (χ3n) is 6.03. The van der Waals surface area contributed by atoms with Crippen LogP contribution >= 0.6 is 0 Å². The predicted molar refractivity (Wildman–Crippen MR) is 113 cm³/mol. The van der Waals surface area contributed by atoms with Crippen LogP contribution in [0.3, 0.4) is 0 Å². The molecule has 1 aromatic carbocycles. The van der Waals surface area contributed by atoms with E-state index in [1.807, 2.05) is 0 Å². The molecule has 0 N–H and O–H groups in total. The zero-order chi connectivity index (χ0) is 19.3. The molecule has 1 saturated carbocycles. The van der Waals surface area contributed by atoms with E-state index in [0.29, 0.717) is 11.5 Å². The fraction of sp³-hybridized carbons (Fsp3) is 0.720. The fourth-order valence-corrected chi connectivity index (χ4v) is 4.11. The minimum absolute atomic E-state index is 0.165. The number of ketones is 1. The van der Waals surface area contributed by atoms with Gasteiger partial charge in [-0.15, -0.1) is 0 Å². The normalized spacial score (nSPS) is 15.0. The first-order valence-corrected chi connectivity index (χ1v) is 11.5. The van der Waals surface area contributed by atoms with Crippen molar-refractivity contribution < 1.29 is 9.18 Å². The first kappa shape index (κ1) is 22.1. The maximum Gasteiger partial charge on any atom is 0.166 e. The van der Waals surface area contributed by atoms with E-state index in [9.17, 15) is 9.18 Å². The number of carbonyl (C=O) groups is 1. The van der Waals surface area contributed by atoms with E-state index >= 15 is 0 Å². The summed E-state index contributed by atoms with van der Waals surface area (Å²) in [6.45, 7) is 2.27. The van der Waals surface area contributed by atoms with Gasteiger partial charge in [-0.2, -0.15) is 0 Å². The van der Waals surface area contributed by atoms with E-state index in [1.54, 1.807) is 12.1 Å². The lowest BCUT2D eigenvalue weighted by molar-refractivity contribution is 0.0894. The predicted octanol–water partition coefficient (Wildman–Crippen LogP) is 8.13. The Morgan fingerprint density at radius 2 is 1.33 bits per heavy atom. The van der Waals surface area contributed by atoms with E-state index in [0.717, 1.165) is 12.8 Å². The fourth-order valence-electron chi connectivity index (χ4n) is 4.11. The van der Waals surface area contributed by atoms with Gasteiger partial charge in [-0.1, -0.05) is 84.0 Å². The lowest BCUT2D eigenvalue weighted by Crippen LogP contribution is -2.17. The van der Waals surface area contributed by atoms with E-state index in [1.165, 1.54) is 95.6 Å². The molecule has 27 heavy (non-hydrogen) atoms. The molecule has 0 amide bonds. The average molecular weight is 375 g/mol. The second-order valence-corrected chi connectivity index (χ2v) is 8.49. The largest absolute Gasteiger partial charge is 0.294 e. The average Bonchev–Trinajstić information content (AvgIpc) is 3.51. The molecule has 1 nitrogen and oxygen atoms in total. The molecule has 1 aliphatic rings. The van der Waals surface area contributed by atoms with E-state index in [-0.39, 0.29) is 17.5 Å². The lowest BCUT2D eigenvalue weighted by atomic mass is 9.88. The Balaban J connectivity index is 1.53. The summed E-state index contributed by atoms with van der Waals surface area (Å²) in [5, 5.41) is 0. The molecule has 0 radical (unpaired) electrons. The molecule has 1 atom stereocenters. The first-order chi connectivity index (χ1) is 13.2. The summed E-state index contributed by atoms with van der Waals surface area (Å²) in [4.78, 5) is 12.7. The highest BCUT2D eigenvalue weighted by atomic mass is 19.1. The number of hydrogen-bond donors (Lipinski definition) is 0. The van der Waals surface area contributed by atoms with Crippen molar-refractivity contribution in [3.05, 3.63) is 35.6 Å². The highest BCUT2D eigenvalue weighted by Gasteiger charge is 2.35. The summed E-state index contributed by atoms with van der Waals surface area (Å²) < 4.78 is 13.1. The Bertz CT molecular complexity index is 518. The Hall–Kier alpha value is -1.18. The third-order valence-corrected chi connectivity index (χ3v) is 6.03. The van der Waals surface area contributed by atoms with Gasteiger partial charge in [0.1, 0.15) is 5.82 Å². The second-order valence-electron chi connectivity index (χ2n) is 8.49. The molecule has 1 unspecified atom stereocenters. The molecule has 2 heteroatoms. The van der Waals surface area contributed by atoms with Crippen LogP contribution in [0.5, 0.6) is 0 Å². The van der Waals surface area contributed by atoms with Crippen molar-refractivity contribution in [2.24, 2.45) is 11.8 Å². The van der Waals surface area contributed by atoms with Crippen LogP contribution in [-0.4, -0.2) is 5.78 Å². The number of carbonyl (C=O) groups excluding carboxylic acids is 1. The topological polar surface area (TPSA) is 17.1 Å². The van der Waals surface area contributed by atoms with Crippen LogP contribution in [-0.2, 0) is 0 Å². The van der Waals surface area contributed by atoms with Crippen molar-refractivity contribution in [3.8, 4) is 0 Å². The molecule has 1 aromatic rings. The minimum Gasteiger partial charge on any atom is -0.294 e. The smallest absolute Gasteiger partial charge is 0.166 e. The van der Waals surface area contributed by atoms with Gasteiger partial charge in [0, 0.05) is 11.5 Å².